The normalized spacial score (nSPS) is 14.5. The molecule has 1 fully saturated rings. The van der Waals surface area contributed by atoms with Gasteiger partial charge in [0.15, 0.2) is 5.13 Å². The average Bonchev–Trinajstić information content (AvgIpc) is 3.28. The van der Waals surface area contributed by atoms with Gasteiger partial charge in [0.25, 0.3) is 0 Å². The fraction of sp³-hybridized carbons (Fsp3) is 0.286. The van der Waals surface area contributed by atoms with E-state index >= 15 is 0 Å². The van der Waals surface area contributed by atoms with E-state index < -0.39 is 0 Å². The molecule has 2 aromatic heterocycles. The first-order valence-electron chi connectivity index (χ1n) is 9.01. The van der Waals surface area contributed by atoms with E-state index in [4.69, 9.17) is 4.98 Å². The van der Waals surface area contributed by atoms with E-state index in [2.05, 4.69) is 55.3 Å². The van der Waals surface area contributed by atoms with Gasteiger partial charge in [-0.15, -0.1) is 0 Å². The number of nitrogens with zero attached hydrogens (tertiary/aromatic N) is 3. The second-order valence-corrected chi connectivity index (χ2v) is 8.60. The van der Waals surface area contributed by atoms with Crippen LogP contribution in [0.5, 0.6) is 0 Å². The number of amides is 2. The third kappa shape index (κ3) is 3.45. The zero-order valence-electron chi connectivity index (χ0n) is 15.7. The van der Waals surface area contributed by atoms with Crippen molar-refractivity contribution in [1.82, 2.24) is 15.3 Å². The van der Waals surface area contributed by atoms with E-state index in [0.29, 0.717) is 13.1 Å². The topological polar surface area (TPSA) is 58.1 Å². The molecule has 0 unspecified atom stereocenters. The minimum atomic E-state index is -0.0836. The van der Waals surface area contributed by atoms with Gasteiger partial charge in [-0.05, 0) is 28.7 Å². The Kier molecular flexibility index (Phi) is 4.44. The first-order chi connectivity index (χ1) is 12.9. The molecule has 5 nitrogen and oxygen atoms in total. The maximum atomic E-state index is 12.1. The number of benzene rings is 1. The molecule has 138 valence electrons. The number of pyridine rings is 1. The van der Waals surface area contributed by atoms with Crippen molar-refractivity contribution in [2.24, 2.45) is 0 Å². The first-order valence-corrected chi connectivity index (χ1v) is 9.82. The molecule has 3 aromatic rings. The summed E-state index contributed by atoms with van der Waals surface area (Å²) in [7, 11) is 0. The molecule has 0 aliphatic carbocycles. The molecule has 2 amide bonds. The van der Waals surface area contributed by atoms with Gasteiger partial charge in [-0.3, -0.25) is 9.88 Å². The van der Waals surface area contributed by atoms with Crippen molar-refractivity contribution in [3.8, 4) is 21.7 Å². The lowest BCUT2D eigenvalue weighted by molar-refractivity contribution is 0.252. The minimum absolute atomic E-state index is 0.0836. The standard InChI is InChI=1S/C21H22N4OS/c1-21(2,3)16-6-4-14(5-7-16)17-18(15-8-10-22-11-9-15)27-20(24-17)25-13-12-23-19(25)26/h4-11H,12-13H2,1-3H3,(H,23,26). The van der Waals surface area contributed by atoms with Gasteiger partial charge in [-0.25, -0.2) is 9.78 Å². The lowest BCUT2D eigenvalue weighted by Crippen LogP contribution is -2.27. The Morgan fingerprint density at radius 3 is 2.33 bits per heavy atom. The molecule has 0 radical (unpaired) electrons. The van der Waals surface area contributed by atoms with Crippen LogP contribution < -0.4 is 10.2 Å². The maximum absolute atomic E-state index is 12.1. The maximum Gasteiger partial charge on any atom is 0.323 e. The summed E-state index contributed by atoms with van der Waals surface area (Å²) in [4.78, 5) is 23.8. The van der Waals surface area contributed by atoms with E-state index in [1.807, 2.05) is 12.1 Å². The molecule has 0 bridgehead atoms. The van der Waals surface area contributed by atoms with Gasteiger partial charge < -0.3 is 5.32 Å². The predicted octanol–water partition coefficient (Wildman–Crippen LogP) is 4.70. The van der Waals surface area contributed by atoms with Crippen LogP contribution in [-0.2, 0) is 5.41 Å². The molecule has 4 rings (SSSR count). The molecular weight excluding hydrogens is 356 g/mol. The monoisotopic (exact) mass is 378 g/mol. The quantitative estimate of drug-likeness (QED) is 0.719. The van der Waals surface area contributed by atoms with Crippen LogP contribution in [0.25, 0.3) is 21.7 Å². The van der Waals surface area contributed by atoms with Crippen LogP contribution >= 0.6 is 11.3 Å². The average molecular weight is 379 g/mol. The number of hydrogen-bond acceptors (Lipinski definition) is 4. The number of hydrogen-bond donors (Lipinski definition) is 1. The molecular formula is C21H22N4OS. The van der Waals surface area contributed by atoms with Crippen LogP contribution in [0.3, 0.4) is 0 Å². The van der Waals surface area contributed by atoms with Crippen LogP contribution in [0.15, 0.2) is 48.8 Å². The van der Waals surface area contributed by atoms with Gasteiger partial charge in [0.2, 0.25) is 0 Å². The van der Waals surface area contributed by atoms with Crippen molar-refractivity contribution in [2.45, 2.75) is 26.2 Å². The number of rotatable bonds is 3. The van der Waals surface area contributed by atoms with Crippen molar-refractivity contribution < 1.29 is 4.79 Å². The van der Waals surface area contributed by atoms with Gasteiger partial charge >= 0.3 is 6.03 Å². The van der Waals surface area contributed by atoms with Crippen molar-refractivity contribution in [2.75, 3.05) is 18.0 Å². The summed E-state index contributed by atoms with van der Waals surface area (Å²) in [5, 5.41) is 3.57. The van der Waals surface area contributed by atoms with Crippen LogP contribution in [0.4, 0.5) is 9.93 Å². The summed E-state index contributed by atoms with van der Waals surface area (Å²) in [6.07, 6.45) is 3.56. The highest BCUT2D eigenvalue weighted by atomic mass is 32.1. The Hall–Kier alpha value is -2.73. The second kappa shape index (κ2) is 6.78. The van der Waals surface area contributed by atoms with Crippen molar-refractivity contribution in [3.05, 3.63) is 54.4 Å². The smallest absolute Gasteiger partial charge is 0.323 e. The van der Waals surface area contributed by atoms with E-state index in [1.54, 1.807) is 28.6 Å². The zero-order valence-corrected chi connectivity index (χ0v) is 16.5. The van der Waals surface area contributed by atoms with E-state index in [9.17, 15) is 4.79 Å². The summed E-state index contributed by atoms with van der Waals surface area (Å²) in [6, 6.07) is 12.4. The largest absolute Gasteiger partial charge is 0.336 e. The lowest BCUT2D eigenvalue weighted by Gasteiger charge is -2.19. The molecule has 1 aliphatic heterocycles. The van der Waals surface area contributed by atoms with E-state index in [0.717, 1.165) is 26.8 Å². The number of carbonyl (C=O) groups excluding carboxylic acids is 1. The molecule has 1 aliphatic rings. The molecule has 0 saturated carbocycles. The number of urea groups is 1. The molecule has 6 heteroatoms. The van der Waals surface area contributed by atoms with Gasteiger partial charge in [-0.1, -0.05) is 56.4 Å². The van der Waals surface area contributed by atoms with Gasteiger partial charge in [-0.2, -0.15) is 0 Å². The zero-order chi connectivity index (χ0) is 19.0. The molecule has 0 spiro atoms. The molecule has 1 saturated heterocycles. The van der Waals surface area contributed by atoms with Crippen LogP contribution in [0.1, 0.15) is 26.3 Å². The predicted molar refractivity (Wildman–Crippen MR) is 110 cm³/mol. The fourth-order valence-corrected chi connectivity index (χ4v) is 4.22. The number of carbonyl (C=O) groups is 1. The lowest BCUT2D eigenvalue weighted by atomic mass is 9.86. The Bertz CT molecular complexity index is 958. The van der Waals surface area contributed by atoms with E-state index in [1.165, 1.54) is 5.56 Å². The number of thiazole rings is 1. The number of anilines is 1. The highest BCUT2D eigenvalue weighted by molar-refractivity contribution is 7.19. The van der Waals surface area contributed by atoms with Gasteiger partial charge in [0.1, 0.15) is 0 Å². The first kappa shape index (κ1) is 17.7. The summed E-state index contributed by atoms with van der Waals surface area (Å²) >= 11 is 1.54. The van der Waals surface area contributed by atoms with Gasteiger partial charge in [0.05, 0.1) is 10.6 Å². The third-order valence-corrected chi connectivity index (χ3v) is 5.80. The van der Waals surface area contributed by atoms with Crippen molar-refractivity contribution in [1.29, 1.82) is 0 Å². The number of aromatic nitrogens is 2. The molecule has 1 N–H and O–H groups in total. The Labute approximate surface area is 163 Å². The second-order valence-electron chi connectivity index (χ2n) is 7.62. The molecule has 27 heavy (non-hydrogen) atoms. The highest BCUT2D eigenvalue weighted by Gasteiger charge is 2.26. The van der Waals surface area contributed by atoms with E-state index in [-0.39, 0.29) is 11.4 Å². The summed E-state index contributed by atoms with van der Waals surface area (Å²) in [6.45, 7) is 7.91. The van der Waals surface area contributed by atoms with Crippen LogP contribution in [0.2, 0.25) is 0 Å². The fourth-order valence-electron chi connectivity index (χ4n) is 3.10. The Morgan fingerprint density at radius 1 is 1.04 bits per heavy atom. The SMILES string of the molecule is CC(C)(C)c1ccc(-c2nc(N3CCNC3=O)sc2-c2ccncc2)cc1. The Morgan fingerprint density at radius 2 is 1.74 bits per heavy atom. The number of nitrogens with one attached hydrogen (secondary N) is 1. The summed E-state index contributed by atoms with van der Waals surface area (Å²) in [5.74, 6) is 0. The van der Waals surface area contributed by atoms with Gasteiger partial charge in [0, 0.05) is 31.0 Å². The molecule has 0 atom stereocenters. The van der Waals surface area contributed by atoms with Crippen molar-refractivity contribution >= 4 is 22.5 Å². The highest BCUT2D eigenvalue weighted by Crippen LogP contribution is 2.41. The third-order valence-electron chi connectivity index (χ3n) is 4.67. The van der Waals surface area contributed by atoms with Crippen molar-refractivity contribution in [3.63, 3.8) is 0 Å². The molecule has 3 heterocycles. The van der Waals surface area contributed by atoms with Crippen LogP contribution in [0, 0.1) is 0 Å². The minimum Gasteiger partial charge on any atom is -0.336 e. The summed E-state index contributed by atoms with van der Waals surface area (Å²) in [5.41, 5.74) is 4.40. The summed E-state index contributed by atoms with van der Waals surface area (Å²) < 4.78 is 0. The molecule has 1 aromatic carbocycles. The Balaban J connectivity index is 1.81. The van der Waals surface area contributed by atoms with Crippen LogP contribution in [-0.4, -0.2) is 29.1 Å².